The standard InChI is InChI=1S/C22H19N3O3/c1-15(28-19-11-9-16(14-23)10-12-19)22(27)25-24-21(26)13-18-7-4-6-17-5-2-3-8-20(17)18/h2-12,15H,13H2,1H3,(H,24,26)(H,25,27). The Morgan fingerprint density at radius 3 is 2.46 bits per heavy atom. The molecule has 140 valence electrons. The first-order chi connectivity index (χ1) is 13.6. The highest BCUT2D eigenvalue weighted by molar-refractivity contribution is 5.91. The predicted molar refractivity (Wildman–Crippen MR) is 105 cm³/mol. The Balaban J connectivity index is 1.53. The lowest BCUT2D eigenvalue weighted by Gasteiger charge is -2.15. The molecule has 28 heavy (non-hydrogen) atoms. The molecule has 3 rings (SSSR count). The van der Waals surface area contributed by atoms with Crippen LogP contribution >= 0.6 is 0 Å². The third-order valence-electron chi connectivity index (χ3n) is 4.22. The number of rotatable bonds is 5. The first-order valence-corrected chi connectivity index (χ1v) is 8.79. The fraction of sp³-hybridized carbons (Fsp3) is 0.136. The number of nitriles is 1. The molecule has 0 heterocycles. The summed E-state index contributed by atoms with van der Waals surface area (Å²) in [7, 11) is 0. The van der Waals surface area contributed by atoms with Gasteiger partial charge in [-0.15, -0.1) is 0 Å². The minimum atomic E-state index is -0.814. The number of nitrogens with zero attached hydrogens (tertiary/aromatic N) is 1. The summed E-state index contributed by atoms with van der Waals surface area (Å²) in [6.07, 6.45) is -0.669. The molecule has 0 aliphatic carbocycles. The van der Waals surface area contributed by atoms with Crippen molar-refractivity contribution in [1.29, 1.82) is 5.26 Å². The first-order valence-electron chi connectivity index (χ1n) is 8.79. The minimum absolute atomic E-state index is 0.145. The van der Waals surface area contributed by atoms with Gasteiger partial charge in [-0.3, -0.25) is 20.4 Å². The van der Waals surface area contributed by atoms with Crippen molar-refractivity contribution >= 4 is 22.6 Å². The van der Waals surface area contributed by atoms with Gasteiger partial charge in [0.15, 0.2) is 6.10 Å². The zero-order valence-corrected chi connectivity index (χ0v) is 15.3. The maximum absolute atomic E-state index is 12.2. The van der Waals surface area contributed by atoms with Gasteiger partial charge < -0.3 is 4.74 Å². The van der Waals surface area contributed by atoms with E-state index in [0.29, 0.717) is 11.3 Å². The van der Waals surface area contributed by atoms with Crippen molar-refractivity contribution in [2.24, 2.45) is 0 Å². The first kappa shape index (κ1) is 18.9. The number of hydrogen-bond donors (Lipinski definition) is 2. The molecule has 1 unspecified atom stereocenters. The Kier molecular flexibility index (Phi) is 5.87. The Labute approximate surface area is 162 Å². The molecule has 0 bridgehead atoms. The van der Waals surface area contributed by atoms with E-state index in [2.05, 4.69) is 10.9 Å². The molecule has 3 aromatic rings. The van der Waals surface area contributed by atoms with Gasteiger partial charge in [-0.1, -0.05) is 42.5 Å². The highest BCUT2D eigenvalue weighted by Gasteiger charge is 2.16. The van der Waals surface area contributed by atoms with Gasteiger partial charge in [0.2, 0.25) is 5.91 Å². The quantitative estimate of drug-likeness (QED) is 0.673. The van der Waals surface area contributed by atoms with E-state index < -0.39 is 12.0 Å². The van der Waals surface area contributed by atoms with E-state index in [4.69, 9.17) is 10.00 Å². The lowest BCUT2D eigenvalue weighted by Crippen LogP contribution is -2.47. The summed E-state index contributed by atoms with van der Waals surface area (Å²) in [6.45, 7) is 1.57. The van der Waals surface area contributed by atoms with Gasteiger partial charge in [0.05, 0.1) is 18.1 Å². The van der Waals surface area contributed by atoms with E-state index >= 15 is 0 Å². The molecular formula is C22H19N3O3. The average Bonchev–Trinajstić information content (AvgIpc) is 2.73. The predicted octanol–water partition coefficient (Wildman–Crippen LogP) is 2.87. The number of carbonyl (C=O) groups excluding carboxylic acids is 2. The highest BCUT2D eigenvalue weighted by Crippen LogP contribution is 2.18. The van der Waals surface area contributed by atoms with E-state index in [9.17, 15) is 9.59 Å². The molecule has 0 aliphatic rings. The Hall–Kier alpha value is -3.85. The van der Waals surface area contributed by atoms with E-state index in [0.717, 1.165) is 16.3 Å². The number of nitrogens with one attached hydrogen (secondary N) is 2. The summed E-state index contributed by atoms with van der Waals surface area (Å²) in [6, 6.07) is 22.0. The molecule has 6 heteroatoms. The lowest BCUT2D eigenvalue weighted by atomic mass is 10.0. The van der Waals surface area contributed by atoms with Crippen molar-refractivity contribution in [2.75, 3.05) is 0 Å². The van der Waals surface area contributed by atoms with Crippen molar-refractivity contribution in [1.82, 2.24) is 10.9 Å². The summed E-state index contributed by atoms with van der Waals surface area (Å²) in [5.41, 5.74) is 6.18. The fourth-order valence-electron chi connectivity index (χ4n) is 2.76. The molecular weight excluding hydrogens is 354 g/mol. The minimum Gasteiger partial charge on any atom is -0.481 e. The zero-order chi connectivity index (χ0) is 19.9. The van der Waals surface area contributed by atoms with Crippen LogP contribution in [0, 0.1) is 11.3 Å². The van der Waals surface area contributed by atoms with Crippen LogP contribution in [0.2, 0.25) is 0 Å². The second kappa shape index (κ2) is 8.69. The van der Waals surface area contributed by atoms with Crippen LogP contribution < -0.4 is 15.6 Å². The molecule has 0 aromatic heterocycles. The molecule has 2 N–H and O–H groups in total. The molecule has 0 radical (unpaired) electrons. The molecule has 0 saturated carbocycles. The van der Waals surface area contributed by atoms with Gasteiger partial charge in [0, 0.05) is 0 Å². The van der Waals surface area contributed by atoms with E-state index in [1.54, 1.807) is 31.2 Å². The second-order valence-corrected chi connectivity index (χ2v) is 6.25. The number of hydrogen-bond acceptors (Lipinski definition) is 4. The third-order valence-corrected chi connectivity index (χ3v) is 4.22. The fourth-order valence-corrected chi connectivity index (χ4v) is 2.76. The summed E-state index contributed by atoms with van der Waals surface area (Å²) in [5, 5.41) is 10.9. The van der Waals surface area contributed by atoms with Crippen molar-refractivity contribution in [2.45, 2.75) is 19.4 Å². The van der Waals surface area contributed by atoms with E-state index in [-0.39, 0.29) is 12.3 Å². The van der Waals surface area contributed by atoms with Gasteiger partial charge in [-0.05, 0) is 47.5 Å². The van der Waals surface area contributed by atoms with Crippen LogP contribution in [-0.2, 0) is 16.0 Å². The molecule has 2 amide bonds. The van der Waals surface area contributed by atoms with Gasteiger partial charge in [0.1, 0.15) is 5.75 Å². The average molecular weight is 373 g/mol. The molecule has 6 nitrogen and oxygen atoms in total. The Morgan fingerprint density at radius 1 is 1.00 bits per heavy atom. The summed E-state index contributed by atoms with van der Waals surface area (Å²) < 4.78 is 5.51. The molecule has 0 fully saturated rings. The van der Waals surface area contributed by atoms with Crippen molar-refractivity contribution in [3.8, 4) is 11.8 Å². The maximum atomic E-state index is 12.2. The number of carbonyl (C=O) groups is 2. The van der Waals surface area contributed by atoms with E-state index in [1.807, 2.05) is 48.5 Å². The van der Waals surface area contributed by atoms with Crippen molar-refractivity contribution in [3.05, 3.63) is 77.9 Å². The summed E-state index contributed by atoms with van der Waals surface area (Å²) >= 11 is 0. The normalized spacial score (nSPS) is 11.3. The summed E-state index contributed by atoms with van der Waals surface area (Å²) in [5.74, 6) is -0.338. The van der Waals surface area contributed by atoms with Crippen molar-refractivity contribution < 1.29 is 14.3 Å². The number of amides is 2. The highest BCUT2D eigenvalue weighted by atomic mass is 16.5. The number of ether oxygens (including phenoxy) is 1. The van der Waals surface area contributed by atoms with Crippen LogP contribution in [0.25, 0.3) is 10.8 Å². The van der Waals surface area contributed by atoms with Crippen LogP contribution in [0.5, 0.6) is 5.75 Å². The van der Waals surface area contributed by atoms with Gasteiger partial charge >= 0.3 is 0 Å². The number of fused-ring (bicyclic) bond motifs is 1. The molecule has 0 saturated heterocycles. The lowest BCUT2D eigenvalue weighted by molar-refractivity contribution is -0.132. The third kappa shape index (κ3) is 4.65. The maximum Gasteiger partial charge on any atom is 0.279 e. The van der Waals surface area contributed by atoms with Crippen LogP contribution in [0.15, 0.2) is 66.7 Å². The smallest absolute Gasteiger partial charge is 0.279 e. The topological polar surface area (TPSA) is 91.2 Å². The van der Waals surface area contributed by atoms with Crippen LogP contribution in [-0.4, -0.2) is 17.9 Å². The molecule has 0 aliphatic heterocycles. The molecule has 3 aromatic carbocycles. The van der Waals surface area contributed by atoms with Gasteiger partial charge in [-0.25, -0.2) is 0 Å². The van der Waals surface area contributed by atoms with Gasteiger partial charge in [0.25, 0.3) is 5.91 Å². The van der Waals surface area contributed by atoms with Gasteiger partial charge in [-0.2, -0.15) is 5.26 Å². The van der Waals surface area contributed by atoms with E-state index in [1.165, 1.54) is 0 Å². The largest absolute Gasteiger partial charge is 0.481 e. The SMILES string of the molecule is CC(Oc1ccc(C#N)cc1)C(=O)NNC(=O)Cc1cccc2ccccc12. The second-order valence-electron chi connectivity index (χ2n) is 6.25. The summed E-state index contributed by atoms with van der Waals surface area (Å²) in [4.78, 5) is 24.4. The number of benzene rings is 3. The Bertz CT molecular complexity index is 1030. The van der Waals surface area contributed by atoms with Crippen LogP contribution in [0.3, 0.4) is 0 Å². The molecule has 0 spiro atoms. The number of hydrazine groups is 1. The van der Waals surface area contributed by atoms with Crippen LogP contribution in [0.1, 0.15) is 18.1 Å². The Morgan fingerprint density at radius 2 is 1.71 bits per heavy atom. The van der Waals surface area contributed by atoms with Crippen LogP contribution in [0.4, 0.5) is 0 Å². The van der Waals surface area contributed by atoms with Crippen molar-refractivity contribution in [3.63, 3.8) is 0 Å². The monoisotopic (exact) mass is 373 g/mol. The molecule has 1 atom stereocenters. The zero-order valence-electron chi connectivity index (χ0n) is 15.3.